The van der Waals surface area contributed by atoms with E-state index in [0.29, 0.717) is 18.3 Å². The molecule has 3 heteroatoms. The predicted molar refractivity (Wildman–Crippen MR) is 92.5 cm³/mol. The minimum atomic E-state index is -0.612. The van der Waals surface area contributed by atoms with Gasteiger partial charge in [-0.2, -0.15) is 0 Å². The van der Waals surface area contributed by atoms with Crippen molar-refractivity contribution in [2.45, 2.75) is 33.8 Å². The molecule has 2 aromatic rings. The second kappa shape index (κ2) is 7.82. The van der Waals surface area contributed by atoms with Gasteiger partial charge in [-0.05, 0) is 43.0 Å². The van der Waals surface area contributed by atoms with Gasteiger partial charge in [0.2, 0.25) is 0 Å². The number of carbonyl (C=O) groups is 1. The molecular formula is C20H24O3. The largest absolute Gasteiger partial charge is 0.479 e. The Labute approximate surface area is 138 Å². The molecule has 2 aromatic carbocycles. The standard InChI is InChI=1S/C20H24O3/c1-14(2)13-22-20(21)16(4)23-19-11-9-18(10-12-19)17-7-5-15(3)6-8-17/h5-12,14,16H,13H2,1-4H3/t16-/m0/s1. The molecule has 0 heterocycles. The summed E-state index contributed by atoms with van der Waals surface area (Å²) >= 11 is 0. The molecule has 0 amide bonds. The Kier molecular flexibility index (Phi) is 5.80. The van der Waals surface area contributed by atoms with Crippen molar-refractivity contribution in [1.29, 1.82) is 0 Å². The number of benzene rings is 2. The number of carbonyl (C=O) groups excluding carboxylic acids is 1. The van der Waals surface area contributed by atoms with Gasteiger partial charge in [-0.15, -0.1) is 0 Å². The lowest BCUT2D eigenvalue weighted by Gasteiger charge is -2.15. The number of hydrogen-bond donors (Lipinski definition) is 0. The average molecular weight is 312 g/mol. The van der Waals surface area contributed by atoms with Gasteiger partial charge in [0, 0.05) is 0 Å². The lowest BCUT2D eigenvalue weighted by Crippen LogP contribution is -2.27. The molecule has 0 aliphatic rings. The van der Waals surface area contributed by atoms with Crippen LogP contribution in [0, 0.1) is 12.8 Å². The highest BCUT2D eigenvalue weighted by Crippen LogP contribution is 2.23. The Balaban J connectivity index is 1.97. The molecule has 0 saturated carbocycles. The molecule has 0 aliphatic heterocycles. The first-order chi connectivity index (χ1) is 11.0. The van der Waals surface area contributed by atoms with Gasteiger partial charge in [0.1, 0.15) is 5.75 Å². The Morgan fingerprint density at radius 3 is 1.96 bits per heavy atom. The van der Waals surface area contributed by atoms with Crippen molar-refractivity contribution in [3.05, 3.63) is 54.1 Å². The SMILES string of the molecule is Cc1ccc(-c2ccc(O[C@@H](C)C(=O)OCC(C)C)cc2)cc1. The molecule has 0 radical (unpaired) electrons. The van der Waals surface area contributed by atoms with Crippen molar-refractivity contribution < 1.29 is 14.3 Å². The third kappa shape index (κ3) is 5.13. The van der Waals surface area contributed by atoms with Crippen molar-refractivity contribution in [3.8, 4) is 16.9 Å². The Hall–Kier alpha value is -2.29. The maximum atomic E-state index is 11.8. The number of aryl methyl sites for hydroxylation is 1. The summed E-state index contributed by atoms with van der Waals surface area (Å²) in [6.07, 6.45) is -0.612. The van der Waals surface area contributed by atoms with Crippen molar-refractivity contribution in [2.75, 3.05) is 6.61 Å². The molecule has 0 N–H and O–H groups in total. The number of hydrogen-bond acceptors (Lipinski definition) is 3. The monoisotopic (exact) mass is 312 g/mol. The maximum absolute atomic E-state index is 11.8. The van der Waals surface area contributed by atoms with E-state index in [2.05, 4.69) is 31.2 Å². The van der Waals surface area contributed by atoms with E-state index in [-0.39, 0.29) is 5.97 Å². The van der Waals surface area contributed by atoms with E-state index in [1.165, 1.54) is 5.56 Å². The molecule has 0 saturated heterocycles. The van der Waals surface area contributed by atoms with Crippen LogP contribution in [0.2, 0.25) is 0 Å². The van der Waals surface area contributed by atoms with Gasteiger partial charge in [-0.1, -0.05) is 55.8 Å². The van der Waals surface area contributed by atoms with E-state index in [0.717, 1.165) is 11.1 Å². The van der Waals surface area contributed by atoms with Crippen LogP contribution in [0.4, 0.5) is 0 Å². The van der Waals surface area contributed by atoms with Crippen molar-refractivity contribution in [3.63, 3.8) is 0 Å². The van der Waals surface area contributed by atoms with Gasteiger partial charge >= 0.3 is 5.97 Å². The second-order valence-corrected chi connectivity index (χ2v) is 6.17. The van der Waals surface area contributed by atoms with Crippen molar-refractivity contribution in [1.82, 2.24) is 0 Å². The zero-order valence-electron chi connectivity index (χ0n) is 14.2. The normalized spacial score (nSPS) is 12.0. The van der Waals surface area contributed by atoms with E-state index in [9.17, 15) is 4.79 Å². The zero-order valence-corrected chi connectivity index (χ0v) is 14.2. The third-order valence-corrected chi connectivity index (χ3v) is 3.44. The van der Waals surface area contributed by atoms with Gasteiger partial charge in [0.05, 0.1) is 6.61 Å². The third-order valence-electron chi connectivity index (χ3n) is 3.44. The fraction of sp³-hybridized carbons (Fsp3) is 0.350. The van der Waals surface area contributed by atoms with Gasteiger partial charge < -0.3 is 9.47 Å². The molecule has 3 nitrogen and oxygen atoms in total. The van der Waals surface area contributed by atoms with E-state index < -0.39 is 6.10 Å². The van der Waals surface area contributed by atoms with Crippen LogP contribution in [0.3, 0.4) is 0 Å². The minimum absolute atomic E-state index is 0.319. The predicted octanol–water partition coefficient (Wildman–Crippen LogP) is 4.63. The van der Waals surface area contributed by atoms with Crippen LogP contribution in [0.25, 0.3) is 11.1 Å². The average Bonchev–Trinajstić information content (AvgIpc) is 2.54. The summed E-state index contributed by atoms with van der Waals surface area (Å²) in [6.45, 7) is 8.20. The second-order valence-electron chi connectivity index (χ2n) is 6.17. The Morgan fingerprint density at radius 1 is 0.913 bits per heavy atom. The number of ether oxygens (including phenoxy) is 2. The highest BCUT2D eigenvalue weighted by molar-refractivity contribution is 5.74. The van der Waals surface area contributed by atoms with Crippen molar-refractivity contribution >= 4 is 5.97 Å². The fourth-order valence-electron chi connectivity index (χ4n) is 2.09. The molecule has 2 rings (SSSR count). The van der Waals surface area contributed by atoms with Gasteiger partial charge in [-0.3, -0.25) is 0 Å². The highest BCUT2D eigenvalue weighted by atomic mass is 16.6. The molecular weight excluding hydrogens is 288 g/mol. The van der Waals surface area contributed by atoms with Gasteiger partial charge in [0.15, 0.2) is 6.10 Å². The van der Waals surface area contributed by atoms with E-state index in [1.54, 1.807) is 6.92 Å². The first-order valence-electron chi connectivity index (χ1n) is 7.96. The summed E-state index contributed by atoms with van der Waals surface area (Å²) in [7, 11) is 0. The smallest absolute Gasteiger partial charge is 0.347 e. The van der Waals surface area contributed by atoms with Crippen LogP contribution in [0.5, 0.6) is 5.75 Å². The van der Waals surface area contributed by atoms with Crippen LogP contribution in [-0.2, 0) is 9.53 Å². The molecule has 23 heavy (non-hydrogen) atoms. The summed E-state index contributed by atoms with van der Waals surface area (Å²) in [4.78, 5) is 11.8. The van der Waals surface area contributed by atoms with Gasteiger partial charge in [-0.25, -0.2) is 4.79 Å². The summed E-state index contributed by atoms with van der Waals surface area (Å²) in [5.41, 5.74) is 3.52. The summed E-state index contributed by atoms with van der Waals surface area (Å²) < 4.78 is 10.8. The highest BCUT2D eigenvalue weighted by Gasteiger charge is 2.16. The fourth-order valence-corrected chi connectivity index (χ4v) is 2.09. The lowest BCUT2D eigenvalue weighted by molar-refractivity contribution is -0.152. The quantitative estimate of drug-likeness (QED) is 0.730. The van der Waals surface area contributed by atoms with Gasteiger partial charge in [0.25, 0.3) is 0 Å². The van der Waals surface area contributed by atoms with Crippen LogP contribution in [0.15, 0.2) is 48.5 Å². The molecule has 0 aromatic heterocycles. The Bertz CT molecular complexity index is 627. The molecule has 0 fully saturated rings. The van der Waals surface area contributed by atoms with E-state index in [1.807, 2.05) is 38.1 Å². The van der Waals surface area contributed by atoms with E-state index >= 15 is 0 Å². The summed E-state index contributed by atoms with van der Waals surface area (Å²) in [5, 5.41) is 0. The first-order valence-corrected chi connectivity index (χ1v) is 7.96. The molecule has 0 bridgehead atoms. The van der Waals surface area contributed by atoms with Crippen LogP contribution >= 0.6 is 0 Å². The van der Waals surface area contributed by atoms with Crippen LogP contribution in [0.1, 0.15) is 26.3 Å². The minimum Gasteiger partial charge on any atom is -0.479 e. The maximum Gasteiger partial charge on any atom is 0.347 e. The molecule has 0 unspecified atom stereocenters. The molecule has 0 spiro atoms. The van der Waals surface area contributed by atoms with Crippen molar-refractivity contribution in [2.24, 2.45) is 5.92 Å². The molecule has 122 valence electrons. The topological polar surface area (TPSA) is 35.5 Å². The summed E-state index contributed by atoms with van der Waals surface area (Å²) in [5.74, 6) is 0.649. The molecule has 0 aliphatic carbocycles. The molecule has 1 atom stereocenters. The number of rotatable bonds is 6. The lowest BCUT2D eigenvalue weighted by atomic mass is 10.0. The van der Waals surface area contributed by atoms with E-state index in [4.69, 9.17) is 9.47 Å². The summed E-state index contributed by atoms with van der Waals surface area (Å²) in [6, 6.07) is 16.1. The first kappa shape index (κ1) is 17.1. The van der Waals surface area contributed by atoms with Crippen LogP contribution < -0.4 is 4.74 Å². The van der Waals surface area contributed by atoms with Crippen LogP contribution in [-0.4, -0.2) is 18.7 Å². The number of esters is 1. The Morgan fingerprint density at radius 2 is 1.43 bits per heavy atom. The zero-order chi connectivity index (χ0) is 16.8.